The summed E-state index contributed by atoms with van der Waals surface area (Å²) in [6.45, 7) is 34.3. The van der Waals surface area contributed by atoms with E-state index in [4.69, 9.17) is 27.1 Å². The summed E-state index contributed by atoms with van der Waals surface area (Å²) in [6.07, 6.45) is 7.99. The summed E-state index contributed by atoms with van der Waals surface area (Å²) in [5, 5.41) is 0. The van der Waals surface area contributed by atoms with Crippen molar-refractivity contribution in [2.24, 2.45) is 0 Å². The maximum atomic E-state index is 7.37. The number of hydrogen-bond donors (Lipinski definition) is 0. The molecule has 0 aliphatic heterocycles. The van der Waals surface area contributed by atoms with Gasteiger partial charge in [-0.25, -0.2) is 0 Å². The van der Waals surface area contributed by atoms with Crippen molar-refractivity contribution in [3.05, 3.63) is 169 Å². The number of benzene rings is 5. The average molecular weight is 899 g/mol. The number of rotatable bonds is 16. The zero-order valence-corrected chi connectivity index (χ0v) is 42.8. The molecule has 6 rings (SSSR count). The summed E-state index contributed by atoms with van der Waals surface area (Å²) < 4.78 is 42.3. The van der Waals surface area contributed by atoms with Gasteiger partial charge in [0.1, 0.15) is 34.5 Å². The van der Waals surface area contributed by atoms with Gasteiger partial charge in [0.2, 0.25) is 0 Å². The fraction of sp³-hybridized carbons (Fsp3) is 0.357. The van der Waals surface area contributed by atoms with Crippen LogP contribution in [0.5, 0.6) is 28.7 Å². The van der Waals surface area contributed by atoms with E-state index in [9.17, 15) is 0 Å². The van der Waals surface area contributed by atoms with E-state index in [1.54, 1.807) is 0 Å². The van der Waals surface area contributed by atoms with Crippen molar-refractivity contribution < 1.29 is 27.1 Å². The minimum Gasteiger partial charge on any atom is -0.408 e. The highest BCUT2D eigenvalue weighted by Gasteiger charge is 2.34. The standard InChI is InChI=1S/C56H68O6P2/c1-17-46-30-38(9)22-27-52(46)60-64(59-51-26-21-37(8)29-43(51)14)62-56-48(34(4)5)32-41(12)45(16)54(56)53-44(15)40(11)31-47(33(2)3)55(53)61-63(58-50-25-20-36(7)28-42(50)13)57-49-24-19-35(6)18-23-39(49)10/h19-34H,17-18H2,1-16H3. The van der Waals surface area contributed by atoms with Gasteiger partial charge in [-0.05, 0) is 181 Å². The van der Waals surface area contributed by atoms with E-state index < -0.39 is 17.2 Å². The summed E-state index contributed by atoms with van der Waals surface area (Å²) in [6, 6.07) is 23.2. The predicted octanol–water partition coefficient (Wildman–Crippen LogP) is 17.6. The first kappa shape index (κ1) is 48.4. The molecule has 0 saturated carbocycles. The molecule has 2 atom stereocenters. The van der Waals surface area contributed by atoms with Crippen LogP contribution in [-0.4, -0.2) is 0 Å². The van der Waals surface area contributed by atoms with Gasteiger partial charge in [-0.15, -0.1) is 0 Å². The van der Waals surface area contributed by atoms with Gasteiger partial charge >= 0.3 is 17.2 Å². The van der Waals surface area contributed by atoms with E-state index >= 15 is 0 Å². The molecule has 0 saturated heterocycles. The van der Waals surface area contributed by atoms with Crippen molar-refractivity contribution in [1.82, 2.24) is 0 Å². The van der Waals surface area contributed by atoms with E-state index in [1.165, 1.54) is 11.1 Å². The maximum absolute atomic E-state index is 7.37. The molecule has 5 aromatic rings. The lowest BCUT2D eigenvalue weighted by Crippen LogP contribution is -2.10. The molecule has 2 unspecified atom stereocenters. The normalized spacial score (nSPS) is 13.8. The molecule has 338 valence electrons. The fourth-order valence-corrected chi connectivity index (χ4v) is 10.2. The van der Waals surface area contributed by atoms with Crippen LogP contribution in [0.3, 0.4) is 0 Å². The zero-order valence-electron chi connectivity index (χ0n) is 41.0. The quantitative estimate of drug-likeness (QED) is 0.0920. The van der Waals surface area contributed by atoms with Crippen LogP contribution in [0.2, 0.25) is 0 Å². The van der Waals surface area contributed by atoms with Crippen molar-refractivity contribution >= 4 is 17.2 Å². The van der Waals surface area contributed by atoms with Crippen LogP contribution >= 0.6 is 17.2 Å². The van der Waals surface area contributed by atoms with Gasteiger partial charge in [-0.3, -0.25) is 0 Å². The maximum Gasteiger partial charge on any atom is 0.530 e. The first-order valence-corrected chi connectivity index (χ1v) is 24.8. The van der Waals surface area contributed by atoms with Crippen LogP contribution in [-0.2, 0) is 10.9 Å². The third-order valence-electron chi connectivity index (χ3n) is 12.1. The molecule has 0 amide bonds. The molecule has 0 heterocycles. The van der Waals surface area contributed by atoms with Gasteiger partial charge < -0.3 is 27.1 Å². The van der Waals surface area contributed by atoms with Crippen molar-refractivity contribution in [1.29, 1.82) is 0 Å². The van der Waals surface area contributed by atoms with Gasteiger partial charge in [0, 0.05) is 11.1 Å². The van der Waals surface area contributed by atoms with E-state index in [0.717, 1.165) is 102 Å². The largest absolute Gasteiger partial charge is 0.530 e. The number of hydrogen-bond acceptors (Lipinski definition) is 6. The number of allylic oxidation sites excluding steroid dienone is 5. The molecule has 6 nitrogen and oxygen atoms in total. The van der Waals surface area contributed by atoms with Gasteiger partial charge in [0.05, 0.1) is 0 Å². The van der Waals surface area contributed by atoms with Crippen LogP contribution in [0.1, 0.15) is 133 Å². The Hall–Kier alpha value is -5.02. The summed E-state index contributed by atoms with van der Waals surface area (Å²) in [5.41, 5.74) is 17.3. The Balaban J connectivity index is 1.60. The van der Waals surface area contributed by atoms with Gasteiger partial charge in [-0.1, -0.05) is 118 Å². The number of aryl methyl sites for hydroxylation is 8. The van der Waals surface area contributed by atoms with Crippen LogP contribution in [0, 0.1) is 62.3 Å². The van der Waals surface area contributed by atoms with Crippen LogP contribution < -0.4 is 22.6 Å². The first-order valence-electron chi connectivity index (χ1n) is 22.6. The third kappa shape index (κ3) is 11.3. The molecule has 0 fully saturated rings. The van der Waals surface area contributed by atoms with E-state index in [-0.39, 0.29) is 11.8 Å². The molecular weight excluding hydrogens is 831 g/mol. The fourth-order valence-electron chi connectivity index (χ4n) is 7.89. The highest BCUT2D eigenvalue weighted by Crippen LogP contribution is 2.56. The lowest BCUT2D eigenvalue weighted by Gasteiger charge is -2.29. The Kier molecular flexibility index (Phi) is 15.8. The van der Waals surface area contributed by atoms with E-state index in [2.05, 4.69) is 171 Å². The van der Waals surface area contributed by atoms with Crippen molar-refractivity contribution in [2.45, 2.75) is 135 Å². The molecule has 5 aromatic carbocycles. The molecule has 0 aromatic heterocycles. The molecule has 0 spiro atoms. The monoisotopic (exact) mass is 898 g/mol. The minimum absolute atomic E-state index is 0.0941. The molecule has 1 aliphatic carbocycles. The second kappa shape index (κ2) is 20.9. The molecule has 64 heavy (non-hydrogen) atoms. The van der Waals surface area contributed by atoms with Gasteiger partial charge in [0.25, 0.3) is 0 Å². The SMILES string of the molecule is CCc1cc(C)ccc1OP(Oc1ccc(C)cc1C)Oc1c(C(C)C)cc(C)c(C)c1-c1c(C)c(C)cc(C(C)C)c1OP(OC1=CC=C(C)CC=C1C)Oc1ccc(C)cc1C. The van der Waals surface area contributed by atoms with Crippen molar-refractivity contribution in [2.75, 3.05) is 0 Å². The Bertz CT molecular complexity index is 2620. The van der Waals surface area contributed by atoms with Crippen LogP contribution in [0.25, 0.3) is 11.1 Å². The minimum atomic E-state index is -2.05. The summed E-state index contributed by atoms with van der Waals surface area (Å²) in [7, 11) is -4.10. The summed E-state index contributed by atoms with van der Waals surface area (Å²) >= 11 is 0. The Morgan fingerprint density at radius 3 is 1.38 bits per heavy atom. The summed E-state index contributed by atoms with van der Waals surface area (Å²) in [5.74, 6) is 4.49. The van der Waals surface area contributed by atoms with Crippen LogP contribution in [0.4, 0.5) is 0 Å². The first-order chi connectivity index (χ1) is 30.3. The Morgan fingerprint density at radius 2 is 0.922 bits per heavy atom. The lowest BCUT2D eigenvalue weighted by molar-refractivity contribution is 0.334. The topological polar surface area (TPSA) is 55.4 Å². The highest BCUT2D eigenvalue weighted by atomic mass is 31.2. The van der Waals surface area contributed by atoms with Gasteiger partial charge in [-0.2, -0.15) is 0 Å². The average Bonchev–Trinajstić information content (AvgIpc) is 3.39. The van der Waals surface area contributed by atoms with Crippen molar-refractivity contribution in [3.8, 4) is 39.9 Å². The molecule has 1 aliphatic rings. The van der Waals surface area contributed by atoms with E-state index in [1.807, 2.05) is 24.3 Å². The second-order valence-corrected chi connectivity index (χ2v) is 20.2. The molecule has 0 radical (unpaired) electrons. The third-order valence-corrected chi connectivity index (χ3v) is 14.1. The van der Waals surface area contributed by atoms with E-state index in [0.29, 0.717) is 23.0 Å². The van der Waals surface area contributed by atoms with Crippen molar-refractivity contribution in [3.63, 3.8) is 0 Å². The Labute approximate surface area is 386 Å². The van der Waals surface area contributed by atoms with Gasteiger partial charge in [0.15, 0.2) is 0 Å². The molecule has 0 N–H and O–H groups in total. The lowest BCUT2D eigenvalue weighted by atomic mass is 9.84. The summed E-state index contributed by atoms with van der Waals surface area (Å²) in [4.78, 5) is 0. The second-order valence-electron chi connectivity index (χ2n) is 18.2. The predicted molar refractivity (Wildman–Crippen MR) is 270 cm³/mol. The zero-order chi connectivity index (χ0) is 46.6. The highest BCUT2D eigenvalue weighted by molar-refractivity contribution is 7.43. The molecular formula is C56H68O6P2. The molecule has 0 bridgehead atoms. The smallest absolute Gasteiger partial charge is 0.408 e. The molecule has 8 heteroatoms. The van der Waals surface area contributed by atoms with Crippen LogP contribution in [0.15, 0.2) is 102 Å². The Morgan fingerprint density at radius 1 is 0.484 bits per heavy atom.